The van der Waals surface area contributed by atoms with Crippen LogP contribution in [-0.2, 0) is 11.2 Å². The van der Waals surface area contributed by atoms with Crippen LogP contribution in [0.5, 0.6) is 0 Å². The maximum absolute atomic E-state index is 12.2. The van der Waals surface area contributed by atoms with Crippen LogP contribution in [0, 0.1) is 0 Å². The molecule has 0 radical (unpaired) electrons. The Morgan fingerprint density at radius 3 is 2.46 bits per heavy atom. The lowest BCUT2D eigenvalue weighted by molar-refractivity contribution is -0.121. The van der Waals surface area contributed by atoms with Crippen molar-refractivity contribution in [2.45, 2.75) is 19.3 Å². The Kier molecular flexibility index (Phi) is 4.69. The zero-order chi connectivity index (χ0) is 16.9. The van der Waals surface area contributed by atoms with Gasteiger partial charge < -0.3 is 5.32 Å². The van der Waals surface area contributed by atoms with E-state index in [9.17, 15) is 14.4 Å². The molecule has 24 heavy (non-hydrogen) atoms. The fraction of sp³-hybridized carbons (Fsp3) is 0.294. The summed E-state index contributed by atoms with van der Waals surface area (Å²) in [6, 6.07) is 8.63. The molecule has 3 rings (SSSR count). The Bertz CT molecular complexity index is 720. The van der Waals surface area contributed by atoms with Gasteiger partial charge >= 0.3 is 0 Å². The molecule has 2 aromatic rings. The topological polar surface area (TPSA) is 95.2 Å². The highest BCUT2D eigenvalue weighted by Gasteiger charge is 2.34. The van der Waals surface area contributed by atoms with Gasteiger partial charge in [-0.2, -0.15) is 5.10 Å². The van der Waals surface area contributed by atoms with Crippen molar-refractivity contribution in [3.05, 3.63) is 53.3 Å². The van der Waals surface area contributed by atoms with Crippen molar-refractivity contribution in [3.63, 3.8) is 0 Å². The van der Waals surface area contributed by atoms with E-state index in [4.69, 9.17) is 0 Å². The van der Waals surface area contributed by atoms with Crippen molar-refractivity contribution < 1.29 is 14.4 Å². The van der Waals surface area contributed by atoms with Gasteiger partial charge in [-0.25, -0.2) is 0 Å². The number of nitrogens with one attached hydrogen (secondary N) is 2. The second-order valence-electron chi connectivity index (χ2n) is 5.59. The number of hydrogen-bond acceptors (Lipinski definition) is 4. The number of carbonyl (C=O) groups is 3. The average Bonchev–Trinajstić information content (AvgIpc) is 3.18. The van der Waals surface area contributed by atoms with Crippen molar-refractivity contribution in [1.82, 2.24) is 20.4 Å². The van der Waals surface area contributed by atoms with Crippen molar-refractivity contribution in [3.8, 4) is 0 Å². The van der Waals surface area contributed by atoms with E-state index in [0.717, 1.165) is 5.69 Å². The minimum atomic E-state index is -0.282. The van der Waals surface area contributed by atoms with E-state index >= 15 is 0 Å². The summed E-state index contributed by atoms with van der Waals surface area (Å²) >= 11 is 0. The molecule has 1 aromatic carbocycles. The number of fused-ring (bicyclic) bond motifs is 1. The second-order valence-corrected chi connectivity index (χ2v) is 5.59. The number of rotatable bonds is 7. The summed E-state index contributed by atoms with van der Waals surface area (Å²) in [7, 11) is 0. The third-order valence-corrected chi connectivity index (χ3v) is 3.94. The van der Waals surface area contributed by atoms with Crippen LogP contribution in [-0.4, -0.2) is 45.9 Å². The highest BCUT2D eigenvalue weighted by atomic mass is 16.2. The minimum absolute atomic E-state index is 0.0916. The largest absolute Gasteiger partial charge is 0.356 e. The lowest BCUT2D eigenvalue weighted by Gasteiger charge is -2.13. The number of benzene rings is 1. The van der Waals surface area contributed by atoms with Crippen molar-refractivity contribution in [2.24, 2.45) is 0 Å². The third-order valence-electron chi connectivity index (χ3n) is 3.94. The smallest absolute Gasteiger partial charge is 0.261 e. The third kappa shape index (κ3) is 3.34. The molecule has 2 N–H and O–H groups in total. The molecule has 1 aromatic heterocycles. The zero-order valence-corrected chi connectivity index (χ0v) is 13.1. The molecule has 0 spiro atoms. The number of hydrogen-bond donors (Lipinski definition) is 2. The molecule has 1 aliphatic rings. The van der Waals surface area contributed by atoms with Crippen molar-refractivity contribution >= 4 is 17.7 Å². The summed E-state index contributed by atoms with van der Waals surface area (Å²) in [5.41, 5.74) is 1.83. The molecule has 0 saturated carbocycles. The van der Waals surface area contributed by atoms with Crippen LogP contribution in [0.15, 0.2) is 36.5 Å². The number of nitrogens with zero attached hydrogens (tertiary/aromatic N) is 2. The first-order chi connectivity index (χ1) is 11.7. The van der Waals surface area contributed by atoms with Gasteiger partial charge in [-0.15, -0.1) is 0 Å². The van der Waals surface area contributed by atoms with E-state index in [1.807, 2.05) is 6.07 Å². The zero-order valence-electron chi connectivity index (χ0n) is 13.1. The molecule has 2 heterocycles. The first-order valence-corrected chi connectivity index (χ1v) is 7.87. The molecule has 7 nitrogen and oxygen atoms in total. The predicted octanol–water partition coefficient (Wildman–Crippen LogP) is 1.14. The molecular weight excluding hydrogens is 308 g/mol. The van der Waals surface area contributed by atoms with Crippen LogP contribution >= 0.6 is 0 Å². The normalized spacial score (nSPS) is 13.2. The van der Waals surface area contributed by atoms with Crippen LogP contribution in [0.2, 0.25) is 0 Å². The van der Waals surface area contributed by atoms with Crippen molar-refractivity contribution in [1.29, 1.82) is 0 Å². The first kappa shape index (κ1) is 15.9. The van der Waals surface area contributed by atoms with E-state index in [1.54, 1.807) is 30.5 Å². The summed E-state index contributed by atoms with van der Waals surface area (Å²) in [4.78, 5) is 37.4. The molecule has 124 valence electrons. The van der Waals surface area contributed by atoms with Gasteiger partial charge in [0.1, 0.15) is 0 Å². The number of aromatic nitrogens is 2. The van der Waals surface area contributed by atoms with Crippen LogP contribution in [0.3, 0.4) is 0 Å². The van der Waals surface area contributed by atoms with E-state index in [0.29, 0.717) is 30.5 Å². The lowest BCUT2D eigenvalue weighted by Crippen LogP contribution is -2.32. The van der Waals surface area contributed by atoms with Crippen LogP contribution in [0.1, 0.15) is 39.3 Å². The number of imide groups is 1. The highest BCUT2D eigenvalue weighted by molar-refractivity contribution is 6.21. The fourth-order valence-electron chi connectivity index (χ4n) is 2.69. The van der Waals surface area contributed by atoms with Crippen LogP contribution < -0.4 is 5.32 Å². The summed E-state index contributed by atoms with van der Waals surface area (Å²) in [6.07, 6.45) is 3.07. The van der Waals surface area contributed by atoms with Crippen LogP contribution in [0.25, 0.3) is 0 Å². The quantitative estimate of drug-likeness (QED) is 0.746. The monoisotopic (exact) mass is 326 g/mol. The number of carbonyl (C=O) groups excluding carboxylic acids is 3. The first-order valence-electron chi connectivity index (χ1n) is 7.87. The Balaban J connectivity index is 1.41. The summed E-state index contributed by atoms with van der Waals surface area (Å²) in [5, 5.41) is 9.48. The molecular formula is C17H18N4O3. The Labute approximate surface area is 139 Å². The molecule has 3 amide bonds. The Hall–Kier alpha value is -2.96. The molecule has 0 aliphatic carbocycles. The number of amides is 3. The molecule has 0 saturated heterocycles. The van der Waals surface area contributed by atoms with Gasteiger partial charge in [-0.3, -0.25) is 24.4 Å². The SMILES string of the molecule is O=C(CCCN1C(=O)c2ccccc2C1=O)NCCc1ccn[nH]1. The predicted molar refractivity (Wildman–Crippen MR) is 86.3 cm³/mol. The molecule has 0 atom stereocenters. The van der Waals surface area contributed by atoms with Gasteiger partial charge in [-0.05, 0) is 24.6 Å². The fourth-order valence-corrected chi connectivity index (χ4v) is 2.69. The molecule has 1 aliphatic heterocycles. The minimum Gasteiger partial charge on any atom is -0.356 e. The maximum Gasteiger partial charge on any atom is 0.261 e. The van der Waals surface area contributed by atoms with E-state index in [1.165, 1.54) is 4.90 Å². The molecule has 7 heteroatoms. The Morgan fingerprint density at radius 2 is 1.83 bits per heavy atom. The molecule has 0 bridgehead atoms. The average molecular weight is 326 g/mol. The van der Waals surface area contributed by atoms with E-state index in [-0.39, 0.29) is 30.7 Å². The second kappa shape index (κ2) is 7.08. The maximum atomic E-state index is 12.2. The van der Waals surface area contributed by atoms with Gasteiger partial charge in [0.05, 0.1) is 11.1 Å². The van der Waals surface area contributed by atoms with Crippen molar-refractivity contribution in [2.75, 3.05) is 13.1 Å². The molecule has 0 unspecified atom stereocenters. The Morgan fingerprint density at radius 1 is 1.12 bits per heavy atom. The summed E-state index contributed by atoms with van der Waals surface area (Å²) in [5.74, 6) is -0.656. The summed E-state index contributed by atoms with van der Waals surface area (Å²) in [6.45, 7) is 0.772. The van der Waals surface area contributed by atoms with Gasteiger partial charge in [0.2, 0.25) is 5.91 Å². The number of H-pyrrole nitrogens is 1. The lowest BCUT2D eigenvalue weighted by atomic mass is 10.1. The highest BCUT2D eigenvalue weighted by Crippen LogP contribution is 2.22. The van der Waals surface area contributed by atoms with Gasteiger partial charge in [-0.1, -0.05) is 12.1 Å². The van der Waals surface area contributed by atoms with Gasteiger partial charge in [0, 0.05) is 37.8 Å². The van der Waals surface area contributed by atoms with E-state index < -0.39 is 0 Å². The van der Waals surface area contributed by atoms with Gasteiger partial charge in [0.15, 0.2) is 0 Å². The molecule has 0 fully saturated rings. The van der Waals surface area contributed by atoms with Gasteiger partial charge in [0.25, 0.3) is 11.8 Å². The van der Waals surface area contributed by atoms with Crippen LogP contribution in [0.4, 0.5) is 0 Å². The summed E-state index contributed by atoms with van der Waals surface area (Å²) < 4.78 is 0. The number of aromatic amines is 1. The van der Waals surface area contributed by atoms with E-state index in [2.05, 4.69) is 15.5 Å². The standard InChI is InChI=1S/C17H18N4O3/c22-15(18-9-7-12-8-10-19-20-12)6-3-11-21-16(23)13-4-1-2-5-14(13)17(21)24/h1-2,4-5,8,10H,3,6-7,9,11H2,(H,18,22)(H,19,20).